The number of ketones is 1. The maximum atomic E-state index is 14.2. The number of likely N-dealkylation sites (tertiary alicyclic amines) is 1. The molecule has 2 amide bonds. The number of piperidine rings is 1. The predicted molar refractivity (Wildman–Crippen MR) is 170 cm³/mol. The maximum Gasteiger partial charge on any atom is 0.383 e. The average Bonchev–Trinajstić information content (AvgIpc) is 3.40. The first-order chi connectivity index (χ1) is 19.5. The lowest BCUT2D eigenvalue weighted by Crippen LogP contribution is -2.68. The first kappa shape index (κ1) is 32.1. The summed E-state index contributed by atoms with van der Waals surface area (Å²) in [5.41, 5.74) is 3.68. The molecule has 1 aliphatic carbocycles. The normalized spacial score (nSPS) is 24.6. The van der Waals surface area contributed by atoms with E-state index in [1.54, 1.807) is 11.8 Å². The van der Waals surface area contributed by atoms with Crippen molar-refractivity contribution in [3.63, 3.8) is 0 Å². The summed E-state index contributed by atoms with van der Waals surface area (Å²) in [6, 6.07) is 10.3. The molecule has 3 aliphatic rings. The number of carbonyl (C=O) groups is 3. The zero-order chi connectivity index (χ0) is 29.6. The minimum Gasteiger partial charge on any atom is -0.299 e. The van der Waals surface area contributed by atoms with E-state index in [1.165, 1.54) is 24.8 Å². The Morgan fingerprint density at radius 3 is 2.32 bits per heavy atom. The quantitative estimate of drug-likeness (QED) is 0.187. The molecule has 1 N–H and O–H groups in total. The number of rotatable bonds is 8. The zero-order valence-corrected chi connectivity index (χ0v) is 27.0. The van der Waals surface area contributed by atoms with Crippen molar-refractivity contribution in [3.05, 3.63) is 35.9 Å². The number of nitrogens with one attached hydrogen (secondary N) is 1. The first-order valence-corrected chi connectivity index (χ1v) is 17.0. The van der Waals surface area contributed by atoms with Crippen molar-refractivity contribution in [2.45, 2.75) is 97.7 Å². The number of hydrogen-bond donors (Lipinski definition) is 1. The Morgan fingerprint density at radius 2 is 1.71 bits per heavy atom. The Bertz CT molecular complexity index is 1080. The van der Waals surface area contributed by atoms with Crippen molar-refractivity contribution in [1.29, 1.82) is 0 Å². The van der Waals surface area contributed by atoms with Crippen molar-refractivity contribution >= 4 is 46.6 Å². The highest BCUT2D eigenvalue weighted by molar-refractivity contribution is 7.99. The van der Waals surface area contributed by atoms with Crippen LogP contribution in [0.25, 0.3) is 0 Å². The fourth-order valence-corrected chi connectivity index (χ4v) is 8.62. The van der Waals surface area contributed by atoms with Crippen LogP contribution in [0.5, 0.6) is 0 Å². The average molecular weight is 602 g/mol. The molecule has 9 heteroatoms. The van der Waals surface area contributed by atoms with Gasteiger partial charge in [-0.05, 0) is 31.2 Å². The molecule has 1 aromatic rings. The molecular weight excluding hydrogens is 553 g/mol. The fraction of sp³-hybridized carbons (Fsp3) is 0.688. The third-order valence-electron chi connectivity index (χ3n) is 9.04. The van der Waals surface area contributed by atoms with Crippen molar-refractivity contribution in [3.8, 4) is 0 Å². The monoisotopic (exact) mass is 601 g/mol. The van der Waals surface area contributed by atoms with E-state index in [-0.39, 0.29) is 34.2 Å². The number of thioether (sulfide) groups is 1. The molecule has 0 bridgehead atoms. The van der Waals surface area contributed by atoms with Crippen LogP contribution in [0.4, 0.5) is 0 Å². The summed E-state index contributed by atoms with van der Waals surface area (Å²) in [6.07, 6.45) is 7.87. The number of quaternary nitrogens is 1. The Labute approximate surface area is 256 Å². The smallest absolute Gasteiger partial charge is 0.299 e. The van der Waals surface area contributed by atoms with E-state index in [0.717, 1.165) is 45.3 Å². The van der Waals surface area contributed by atoms with E-state index < -0.39 is 5.41 Å². The molecule has 2 saturated heterocycles. The molecule has 2 heterocycles. The van der Waals surface area contributed by atoms with E-state index in [4.69, 9.17) is 12.2 Å². The van der Waals surface area contributed by atoms with Gasteiger partial charge in [0, 0.05) is 37.4 Å². The van der Waals surface area contributed by atoms with E-state index in [9.17, 15) is 14.4 Å². The van der Waals surface area contributed by atoms with Crippen LogP contribution in [0, 0.1) is 11.3 Å². The van der Waals surface area contributed by atoms with Gasteiger partial charge in [-0.25, -0.2) is 9.28 Å². The molecule has 226 valence electrons. The lowest BCUT2D eigenvalue weighted by Gasteiger charge is -2.45. The lowest BCUT2D eigenvalue weighted by molar-refractivity contribution is -0.850. The molecule has 0 spiro atoms. The predicted octanol–water partition coefficient (Wildman–Crippen LogP) is 5.33. The van der Waals surface area contributed by atoms with Crippen LogP contribution < -0.4 is 5.43 Å². The highest BCUT2D eigenvalue weighted by Gasteiger charge is 2.56. The van der Waals surface area contributed by atoms with Crippen LogP contribution in [-0.4, -0.2) is 80.3 Å². The molecule has 2 aliphatic heterocycles. The fourth-order valence-electron chi connectivity index (χ4n) is 6.54. The van der Waals surface area contributed by atoms with Gasteiger partial charge in [0.25, 0.3) is 5.78 Å². The highest BCUT2D eigenvalue weighted by atomic mass is 32.2. The van der Waals surface area contributed by atoms with Gasteiger partial charge in [0.15, 0.2) is 11.0 Å². The molecule has 0 radical (unpaired) electrons. The van der Waals surface area contributed by atoms with Crippen LogP contribution in [-0.2, 0) is 20.9 Å². The van der Waals surface area contributed by atoms with E-state index in [2.05, 4.69) is 34.6 Å². The summed E-state index contributed by atoms with van der Waals surface area (Å²) in [5.74, 6) is 0.950. The van der Waals surface area contributed by atoms with Crippen molar-refractivity contribution in [1.82, 2.24) is 15.3 Å². The minimum absolute atomic E-state index is 0.0561. The van der Waals surface area contributed by atoms with E-state index >= 15 is 0 Å². The second-order valence-electron chi connectivity index (χ2n) is 13.2. The number of amides is 2. The molecule has 1 saturated carbocycles. The molecule has 0 aromatic heterocycles. The standard InChI is InChI=1S/C32H48N4O3S2/c1-5-28(37)33-35(26-16-18-34(19-17-26)20-24-12-8-6-9-13-24)30(40)27-22-41-23-36(27,21-25-14-10-7-11-15-25)31(39)29(38)32(2,3)4/h6,8-9,12-13,25-27H,5,7,10-11,14-23H2,1-4H3/p+1/t27-,36?/m1/s1. The van der Waals surface area contributed by atoms with Gasteiger partial charge < -0.3 is 0 Å². The summed E-state index contributed by atoms with van der Waals surface area (Å²) in [5, 5.41) is 1.93. The molecule has 7 nitrogen and oxygen atoms in total. The van der Waals surface area contributed by atoms with Crippen LogP contribution in [0.3, 0.4) is 0 Å². The van der Waals surface area contributed by atoms with Crippen LogP contribution >= 0.6 is 24.0 Å². The SMILES string of the molecule is CCC(=O)NN(C(=S)[C@H]1CSC[N+]1(CC1CCCCC1)C(=O)C(=O)C(C)(C)C)C1CCN(Cc2ccccc2)CC1. The third-order valence-corrected chi connectivity index (χ3v) is 10.7. The highest BCUT2D eigenvalue weighted by Crippen LogP contribution is 2.38. The number of carbonyl (C=O) groups excluding carboxylic acids is 3. The largest absolute Gasteiger partial charge is 0.383 e. The molecule has 1 unspecified atom stereocenters. The van der Waals surface area contributed by atoms with Gasteiger partial charge in [-0.3, -0.25) is 24.9 Å². The molecule has 3 fully saturated rings. The minimum atomic E-state index is -0.754. The van der Waals surface area contributed by atoms with Crippen LogP contribution in [0.1, 0.15) is 84.6 Å². The number of nitrogens with zero attached hydrogens (tertiary/aromatic N) is 3. The summed E-state index contributed by atoms with van der Waals surface area (Å²) < 4.78 is 0.0929. The van der Waals surface area contributed by atoms with Gasteiger partial charge in [-0.1, -0.05) is 101 Å². The van der Waals surface area contributed by atoms with Crippen molar-refractivity contribution < 1.29 is 18.9 Å². The molecule has 2 atom stereocenters. The number of hydrogen-bond acceptors (Lipinski definition) is 6. The molecule has 41 heavy (non-hydrogen) atoms. The topological polar surface area (TPSA) is 69.7 Å². The van der Waals surface area contributed by atoms with Gasteiger partial charge in [0.2, 0.25) is 5.91 Å². The Kier molecular flexibility index (Phi) is 11.0. The molecular formula is C32H49N4O3S2+. The zero-order valence-electron chi connectivity index (χ0n) is 25.4. The third kappa shape index (κ3) is 7.78. The van der Waals surface area contributed by atoms with Crippen molar-refractivity contribution in [2.24, 2.45) is 11.3 Å². The van der Waals surface area contributed by atoms with E-state index in [1.807, 2.05) is 38.8 Å². The number of thiocarbonyl (C=S) groups is 1. The summed E-state index contributed by atoms with van der Waals surface area (Å²) in [4.78, 5) is 43.6. The van der Waals surface area contributed by atoms with E-state index in [0.29, 0.717) is 35.5 Å². The van der Waals surface area contributed by atoms with Gasteiger partial charge in [0.1, 0.15) is 5.88 Å². The van der Waals surface area contributed by atoms with Gasteiger partial charge in [-0.2, -0.15) is 0 Å². The molecule has 4 rings (SSSR count). The number of Topliss-reactive ketones (excluding diaryl/α,β-unsaturated/α-hetero) is 1. The Balaban J connectivity index is 1.58. The summed E-state index contributed by atoms with van der Waals surface area (Å²) in [6.45, 7) is 10.7. The second kappa shape index (κ2) is 14.1. The summed E-state index contributed by atoms with van der Waals surface area (Å²) in [7, 11) is 0. The van der Waals surface area contributed by atoms with Gasteiger partial charge in [0.05, 0.1) is 18.3 Å². The molecule has 1 aromatic carbocycles. The lowest BCUT2D eigenvalue weighted by atomic mass is 9.86. The van der Waals surface area contributed by atoms with Crippen LogP contribution in [0.2, 0.25) is 0 Å². The first-order valence-electron chi connectivity index (χ1n) is 15.5. The van der Waals surface area contributed by atoms with Crippen LogP contribution in [0.15, 0.2) is 30.3 Å². The second-order valence-corrected chi connectivity index (χ2v) is 14.6. The maximum absolute atomic E-state index is 14.2. The Hall–Kier alpha value is -1.81. The van der Waals surface area contributed by atoms with Gasteiger partial charge >= 0.3 is 5.91 Å². The summed E-state index contributed by atoms with van der Waals surface area (Å²) >= 11 is 7.95. The Morgan fingerprint density at radius 1 is 1.05 bits per heavy atom. The van der Waals surface area contributed by atoms with Crippen molar-refractivity contribution in [2.75, 3.05) is 31.3 Å². The number of benzene rings is 1. The number of hydrazine groups is 1. The van der Waals surface area contributed by atoms with Gasteiger partial charge in [-0.15, -0.1) is 0 Å².